The van der Waals surface area contributed by atoms with Gasteiger partial charge >= 0.3 is 0 Å². The van der Waals surface area contributed by atoms with E-state index in [0.29, 0.717) is 6.04 Å². The van der Waals surface area contributed by atoms with Gasteiger partial charge in [0.05, 0.1) is 0 Å². The van der Waals surface area contributed by atoms with Crippen molar-refractivity contribution in [1.82, 2.24) is 4.90 Å². The lowest BCUT2D eigenvalue weighted by Gasteiger charge is -2.26. The molecule has 1 aromatic heterocycles. The van der Waals surface area contributed by atoms with E-state index in [1.807, 2.05) is 0 Å². The first-order valence-electron chi connectivity index (χ1n) is 5.19. The maximum atomic E-state index is 5.59. The standard InChI is InChI=1S/C11H20N2S/c1-3-11(4-6-12)13(2)8-10-5-7-14-9-10/h5,7,9,11H,3-4,6,8,12H2,1-2H3. The third kappa shape index (κ3) is 3.40. The Bertz CT molecular complexity index is 233. The van der Waals surface area contributed by atoms with Crippen molar-refractivity contribution in [1.29, 1.82) is 0 Å². The van der Waals surface area contributed by atoms with Gasteiger partial charge in [-0.25, -0.2) is 0 Å². The predicted molar refractivity (Wildman–Crippen MR) is 63.5 cm³/mol. The van der Waals surface area contributed by atoms with Crippen LogP contribution in [0, 0.1) is 0 Å². The predicted octanol–water partition coefficient (Wildman–Crippen LogP) is 2.31. The van der Waals surface area contributed by atoms with Crippen LogP contribution in [0.15, 0.2) is 16.8 Å². The maximum absolute atomic E-state index is 5.59. The second-order valence-electron chi connectivity index (χ2n) is 3.69. The Morgan fingerprint density at radius 1 is 1.57 bits per heavy atom. The van der Waals surface area contributed by atoms with Crippen molar-refractivity contribution in [3.05, 3.63) is 22.4 Å². The van der Waals surface area contributed by atoms with Crippen molar-refractivity contribution < 1.29 is 0 Å². The number of hydrogen-bond donors (Lipinski definition) is 1. The van der Waals surface area contributed by atoms with Crippen molar-refractivity contribution in [2.75, 3.05) is 13.6 Å². The molecule has 1 unspecified atom stereocenters. The molecule has 0 aliphatic rings. The normalized spacial score (nSPS) is 13.4. The molecule has 0 amide bonds. The average Bonchev–Trinajstić information content (AvgIpc) is 2.66. The van der Waals surface area contributed by atoms with Crippen LogP contribution >= 0.6 is 11.3 Å². The zero-order valence-corrected chi connectivity index (χ0v) is 9.89. The summed E-state index contributed by atoms with van der Waals surface area (Å²) in [5.41, 5.74) is 7.00. The van der Waals surface area contributed by atoms with Crippen LogP contribution in [-0.4, -0.2) is 24.5 Å². The fraction of sp³-hybridized carbons (Fsp3) is 0.636. The minimum Gasteiger partial charge on any atom is -0.330 e. The molecule has 0 saturated carbocycles. The van der Waals surface area contributed by atoms with Crippen LogP contribution in [0.25, 0.3) is 0 Å². The summed E-state index contributed by atoms with van der Waals surface area (Å²) in [6, 6.07) is 2.82. The number of thiophene rings is 1. The lowest BCUT2D eigenvalue weighted by atomic mass is 10.1. The molecule has 2 nitrogen and oxygen atoms in total. The van der Waals surface area contributed by atoms with Crippen molar-refractivity contribution in [2.45, 2.75) is 32.4 Å². The molecule has 0 aliphatic carbocycles. The summed E-state index contributed by atoms with van der Waals surface area (Å²) in [4.78, 5) is 2.40. The highest BCUT2D eigenvalue weighted by atomic mass is 32.1. The summed E-state index contributed by atoms with van der Waals surface area (Å²) < 4.78 is 0. The SMILES string of the molecule is CCC(CCN)N(C)Cc1ccsc1. The molecule has 0 saturated heterocycles. The highest BCUT2D eigenvalue weighted by Gasteiger charge is 2.11. The summed E-state index contributed by atoms with van der Waals surface area (Å²) in [6.07, 6.45) is 2.27. The lowest BCUT2D eigenvalue weighted by molar-refractivity contribution is 0.218. The van der Waals surface area contributed by atoms with Gasteiger partial charge in [0.2, 0.25) is 0 Å². The fourth-order valence-corrected chi connectivity index (χ4v) is 2.39. The largest absolute Gasteiger partial charge is 0.330 e. The van der Waals surface area contributed by atoms with Gasteiger partial charge in [-0.3, -0.25) is 4.90 Å². The molecular formula is C11H20N2S. The van der Waals surface area contributed by atoms with Crippen molar-refractivity contribution >= 4 is 11.3 Å². The Morgan fingerprint density at radius 3 is 2.86 bits per heavy atom. The molecule has 2 N–H and O–H groups in total. The van der Waals surface area contributed by atoms with E-state index in [1.54, 1.807) is 11.3 Å². The van der Waals surface area contributed by atoms with Gasteiger partial charge in [-0.1, -0.05) is 6.92 Å². The molecule has 80 valence electrons. The summed E-state index contributed by atoms with van der Waals surface area (Å²) in [7, 11) is 2.18. The van der Waals surface area contributed by atoms with Crippen LogP contribution < -0.4 is 5.73 Å². The van der Waals surface area contributed by atoms with Gasteiger partial charge in [0.15, 0.2) is 0 Å². The van der Waals surface area contributed by atoms with E-state index in [4.69, 9.17) is 5.73 Å². The van der Waals surface area contributed by atoms with Crippen molar-refractivity contribution in [3.8, 4) is 0 Å². The van der Waals surface area contributed by atoms with Gasteiger partial charge in [0.25, 0.3) is 0 Å². The van der Waals surface area contributed by atoms with Crippen molar-refractivity contribution in [3.63, 3.8) is 0 Å². The van der Waals surface area contributed by atoms with E-state index >= 15 is 0 Å². The average molecular weight is 212 g/mol. The highest BCUT2D eigenvalue weighted by Crippen LogP contribution is 2.13. The molecular weight excluding hydrogens is 192 g/mol. The number of nitrogens with two attached hydrogens (primary N) is 1. The van der Waals surface area contributed by atoms with Crippen LogP contribution in [0.4, 0.5) is 0 Å². The first-order chi connectivity index (χ1) is 6.77. The molecule has 0 spiro atoms. The van der Waals surface area contributed by atoms with Gasteiger partial charge in [-0.2, -0.15) is 11.3 Å². The van der Waals surface area contributed by atoms with Gasteiger partial charge in [0.1, 0.15) is 0 Å². The molecule has 0 radical (unpaired) electrons. The van der Waals surface area contributed by atoms with Gasteiger partial charge in [-0.15, -0.1) is 0 Å². The summed E-state index contributed by atoms with van der Waals surface area (Å²) in [5, 5.41) is 4.35. The number of hydrogen-bond acceptors (Lipinski definition) is 3. The zero-order valence-electron chi connectivity index (χ0n) is 9.07. The van der Waals surface area contributed by atoms with Crippen LogP contribution in [0.2, 0.25) is 0 Å². The highest BCUT2D eigenvalue weighted by molar-refractivity contribution is 7.07. The second-order valence-corrected chi connectivity index (χ2v) is 4.47. The topological polar surface area (TPSA) is 29.3 Å². The Balaban J connectivity index is 2.43. The van der Waals surface area contributed by atoms with Crippen LogP contribution in [0.1, 0.15) is 25.3 Å². The van der Waals surface area contributed by atoms with E-state index in [1.165, 1.54) is 12.0 Å². The number of nitrogens with zero attached hydrogens (tertiary/aromatic N) is 1. The molecule has 1 aromatic rings. The zero-order chi connectivity index (χ0) is 10.4. The summed E-state index contributed by atoms with van der Waals surface area (Å²) >= 11 is 1.76. The third-order valence-electron chi connectivity index (χ3n) is 2.61. The molecule has 1 rings (SSSR count). The van der Waals surface area contributed by atoms with Gasteiger partial charge < -0.3 is 5.73 Å². The minimum atomic E-state index is 0.625. The van der Waals surface area contributed by atoms with Crippen LogP contribution in [-0.2, 0) is 6.54 Å². The Hall–Kier alpha value is -0.380. The minimum absolute atomic E-state index is 0.625. The Kier molecular flexibility index (Phi) is 5.15. The van der Waals surface area contributed by atoms with Gasteiger partial charge in [0, 0.05) is 12.6 Å². The van der Waals surface area contributed by atoms with Gasteiger partial charge in [-0.05, 0) is 48.8 Å². The summed E-state index contributed by atoms with van der Waals surface area (Å²) in [6.45, 7) is 4.05. The fourth-order valence-electron chi connectivity index (χ4n) is 1.73. The second kappa shape index (κ2) is 6.17. The number of rotatable bonds is 6. The first kappa shape index (κ1) is 11.7. The lowest BCUT2D eigenvalue weighted by Crippen LogP contribution is -2.32. The van der Waals surface area contributed by atoms with E-state index in [9.17, 15) is 0 Å². The van der Waals surface area contributed by atoms with E-state index in [0.717, 1.165) is 19.5 Å². The molecule has 3 heteroatoms. The van der Waals surface area contributed by atoms with E-state index < -0.39 is 0 Å². The van der Waals surface area contributed by atoms with Crippen LogP contribution in [0.3, 0.4) is 0 Å². The quantitative estimate of drug-likeness (QED) is 0.784. The third-order valence-corrected chi connectivity index (χ3v) is 3.34. The smallest absolute Gasteiger partial charge is 0.0241 e. The van der Waals surface area contributed by atoms with Crippen molar-refractivity contribution in [2.24, 2.45) is 5.73 Å². The van der Waals surface area contributed by atoms with E-state index in [2.05, 4.69) is 35.7 Å². The molecule has 0 bridgehead atoms. The maximum Gasteiger partial charge on any atom is 0.0241 e. The van der Waals surface area contributed by atoms with Crippen LogP contribution in [0.5, 0.6) is 0 Å². The summed E-state index contributed by atoms with van der Waals surface area (Å²) in [5.74, 6) is 0. The molecule has 0 fully saturated rings. The first-order valence-corrected chi connectivity index (χ1v) is 6.13. The monoisotopic (exact) mass is 212 g/mol. The van der Waals surface area contributed by atoms with E-state index in [-0.39, 0.29) is 0 Å². The molecule has 14 heavy (non-hydrogen) atoms. The Labute approximate surface area is 90.7 Å². The Morgan fingerprint density at radius 2 is 2.36 bits per heavy atom. The molecule has 1 heterocycles. The molecule has 0 aromatic carbocycles. The molecule has 1 atom stereocenters. The molecule has 0 aliphatic heterocycles.